The van der Waals surface area contributed by atoms with Crippen molar-refractivity contribution in [2.45, 2.75) is 20.8 Å². The molecule has 4 nitrogen and oxygen atoms in total. The summed E-state index contributed by atoms with van der Waals surface area (Å²) in [5, 5.41) is 7.53. The van der Waals surface area contributed by atoms with Crippen LogP contribution in [0.15, 0.2) is 12.3 Å². The molecule has 0 aliphatic rings. The molecule has 0 spiro atoms. The molecule has 14 heavy (non-hydrogen) atoms. The number of aromatic nitrogens is 3. The number of nitrogens with one attached hydrogen (secondary N) is 1. The summed E-state index contributed by atoms with van der Waals surface area (Å²) in [4.78, 5) is 4.44. The molecule has 0 amide bonds. The Kier molecular flexibility index (Phi) is 2.11. The predicted molar refractivity (Wildman–Crippen MR) is 56.6 cm³/mol. The summed E-state index contributed by atoms with van der Waals surface area (Å²) in [5.74, 6) is 1.00. The van der Waals surface area contributed by atoms with E-state index in [2.05, 4.69) is 22.3 Å². The zero-order valence-corrected chi connectivity index (χ0v) is 8.70. The standard InChI is InChI=1S/C10H14N4/c1-4-11-9-5-8(3)13-10-7(2)6-12-14(9)10/h5-6,11H,4H2,1-3H3. The van der Waals surface area contributed by atoms with Crippen molar-refractivity contribution in [3.05, 3.63) is 23.5 Å². The first-order chi connectivity index (χ1) is 6.72. The lowest BCUT2D eigenvalue weighted by atomic mass is 10.3. The van der Waals surface area contributed by atoms with Crippen molar-refractivity contribution in [3.63, 3.8) is 0 Å². The third kappa shape index (κ3) is 1.32. The summed E-state index contributed by atoms with van der Waals surface area (Å²) >= 11 is 0. The number of anilines is 1. The smallest absolute Gasteiger partial charge is 0.160 e. The van der Waals surface area contributed by atoms with Crippen molar-refractivity contribution < 1.29 is 0 Å². The van der Waals surface area contributed by atoms with Crippen molar-refractivity contribution >= 4 is 11.5 Å². The van der Waals surface area contributed by atoms with Gasteiger partial charge in [0.2, 0.25) is 0 Å². The SMILES string of the molecule is CCNc1cc(C)nc2c(C)cnn12. The van der Waals surface area contributed by atoms with E-state index >= 15 is 0 Å². The highest BCUT2D eigenvalue weighted by atomic mass is 15.3. The maximum Gasteiger partial charge on any atom is 0.160 e. The number of rotatable bonds is 2. The van der Waals surface area contributed by atoms with Crippen molar-refractivity contribution in [2.75, 3.05) is 11.9 Å². The van der Waals surface area contributed by atoms with E-state index in [1.165, 1.54) is 0 Å². The fraction of sp³-hybridized carbons (Fsp3) is 0.400. The number of hydrogen-bond acceptors (Lipinski definition) is 3. The van der Waals surface area contributed by atoms with Gasteiger partial charge in [0.1, 0.15) is 5.82 Å². The van der Waals surface area contributed by atoms with Gasteiger partial charge in [0.25, 0.3) is 0 Å². The number of nitrogens with zero attached hydrogens (tertiary/aromatic N) is 3. The lowest BCUT2D eigenvalue weighted by Crippen LogP contribution is -2.05. The Labute approximate surface area is 83.0 Å². The van der Waals surface area contributed by atoms with Crippen LogP contribution in [0.4, 0.5) is 5.82 Å². The molecule has 0 aromatic carbocycles. The third-order valence-corrected chi connectivity index (χ3v) is 2.13. The lowest BCUT2D eigenvalue weighted by molar-refractivity contribution is 0.923. The predicted octanol–water partition coefficient (Wildman–Crippen LogP) is 1.78. The van der Waals surface area contributed by atoms with Gasteiger partial charge in [-0.05, 0) is 20.8 Å². The van der Waals surface area contributed by atoms with Gasteiger partial charge in [-0.3, -0.25) is 0 Å². The Hall–Kier alpha value is -1.58. The van der Waals surface area contributed by atoms with E-state index in [0.29, 0.717) is 0 Å². The molecule has 0 saturated carbocycles. The molecule has 0 aliphatic carbocycles. The first-order valence-electron chi connectivity index (χ1n) is 4.78. The average Bonchev–Trinajstić information content (AvgIpc) is 2.49. The first kappa shape index (κ1) is 8.99. The monoisotopic (exact) mass is 190 g/mol. The van der Waals surface area contributed by atoms with E-state index in [9.17, 15) is 0 Å². The van der Waals surface area contributed by atoms with Crippen molar-refractivity contribution in [3.8, 4) is 0 Å². The zero-order valence-electron chi connectivity index (χ0n) is 8.70. The molecule has 0 radical (unpaired) electrons. The number of aryl methyl sites for hydroxylation is 2. The van der Waals surface area contributed by atoms with Gasteiger partial charge in [0.05, 0.1) is 6.20 Å². The molecule has 2 aromatic rings. The number of fused-ring (bicyclic) bond motifs is 1. The summed E-state index contributed by atoms with van der Waals surface area (Å²) < 4.78 is 1.84. The normalized spacial score (nSPS) is 10.8. The summed E-state index contributed by atoms with van der Waals surface area (Å²) in [6, 6.07) is 2.00. The molecular formula is C10H14N4. The maximum atomic E-state index is 4.44. The minimum atomic E-state index is 0.886. The second-order valence-corrected chi connectivity index (χ2v) is 3.38. The Bertz CT molecular complexity index is 458. The molecule has 2 aromatic heterocycles. The van der Waals surface area contributed by atoms with Crippen molar-refractivity contribution in [1.82, 2.24) is 14.6 Å². The number of hydrogen-bond donors (Lipinski definition) is 1. The van der Waals surface area contributed by atoms with Gasteiger partial charge in [-0.25, -0.2) is 4.98 Å². The van der Waals surface area contributed by atoms with Gasteiger partial charge in [-0.1, -0.05) is 0 Å². The average molecular weight is 190 g/mol. The second kappa shape index (κ2) is 3.29. The molecule has 0 atom stereocenters. The highest BCUT2D eigenvalue weighted by Crippen LogP contribution is 2.14. The molecule has 0 aliphatic heterocycles. The lowest BCUT2D eigenvalue weighted by Gasteiger charge is -2.06. The van der Waals surface area contributed by atoms with Gasteiger partial charge in [-0.15, -0.1) is 0 Å². The van der Waals surface area contributed by atoms with Crippen LogP contribution in [0.1, 0.15) is 18.2 Å². The third-order valence-electron chi connectivity index (χ3n) is 2.13. The van der Waals surface area contributed by atoms with E-state index in [-0.39, 0.29) is 0 Å². The van der Waals surface area contributed by atoms with Crippen LogP contribution in [0.5, 0.6) is 0 Å². The van der Waals surface area contributed by atoms with Crippen LogP contribution in [0.2, 0.25) is 0 Å². The molecule has 4 heteroatoms. The van der Waals surface area contributed by atoms with E-state index in [4.69, 9.17) is 0 Å². The van der Waals surface area contributed by atoms with Gasteiger partial charge in [-0.2, -0.15) is 9.61 Å². The van der Waals surface area contributed by atoms with Crippen LogP contribution < -0.4 is 5.32 Å². The van der Waals surface area contributed by atoms with Crippen LogP contribution in [0, 0.1) is 13.8 Å². The van der Waals surface area contributed by atoms with Crippen LogP contribution >= 0.6 is 0 Å². The molecule has 0 unspecified atom stereocenters. The van der Waals surface area contributed by atoms with Gasteiger partial charge in [0, 0.05) is 23.9 Å². The van der Waals surface area contributed by atoms with Gasteiger partial charge >= 0.3 is 0 Å². The fourth-order valence-corrected chi connectivity index (χ4v) is 1.50. The second-order valence-electron chi connectivity index (χ2n) is 3.38. The highest BCUT2D eigenvalue weighted by Gasteiger charge is 2.05. The molecule has 0 fully saturated rings. The van der Waals surface area contributed by atoms with Crippen LogP contribution in [0.3, 0.4) is 0 Å². The minimum absolute atomic E-state index is 0.886. The fourth-order valence-electron chi connectivity index (χ4n) is 1.50. The Morgan fingerprint density at radius 2 is 2.21 bits per heavy atom. The van der Waals surface area contributed by atoms with E-state index < -0.39 is 0 Å². The Balaban J connectivity index is 2.68. The van der Waals surface area contributed by atoms with Gasteiger partial charge in [0.15, 0.2) is 5.65 Å². The van der Waals surface area contributed by atoms with E-state index in [0.717, 1.165) is 29.3 Å². The summed E-state index contributed by atoms with van der Waals surface area (Å²) in [6.45, 7) is 6.97. The van der Waals surface area contributed by atoms with E-state index in [1.807, 2.05) is 30.6 Å². The van der Waals surface area contributed by atoms with Crippen LogP contribution in [-0.2, 0) is 0 Å². The summed E-state index contributed by atoms with van der Waals surface area (Å²) in [6.07, 6.45) is 1.84. The van der Waals surface area contributed by atoms with Crippen molar-refractivity contribution in [1.29, 1.82) is 0 Å². The highest BCUT2D eigenvalue weighted by molar-refractivity contribution is 5.53. The van der Waals surface area contributed by atoms with E-state index in [1.54, 1.807) is 0 Å². The first-order valence-corrected chi connectivity index (χ1v) is 4.78. The molecule has 0 bridgehead atoms. The molecule has 0 saturated heterocycles. The molecule has 2 heterocycles. The Morgan fingerprint density at radius 1 is 1.43 bits per heavy atom. The molecule has 74 valence electrons. The maximum absolute atomic E-state index is 4.44. The van der Waals surface area contributed by atoms with Gasteiger partial charge < -0.3 is 5.32 Å². The van der Waals surface area contributed by atoms with Crippen LogP contribution in [-0.4, -0.2) is 21.1 Å². The summed E-state index contributed by atoms with van der Waals surface area (Å²) in [5.41, 5.74) is 3.05. The quantitative estimate of drug-likeness (QED) is 0.784. The zero-order chi connectivity index (χ0) is 10.1. The Morgan fingerprint density at radius 3 is 2.93 bits per heavy atom. The van der Waals surface area contributed by atoms with Crippen LogP contribution in [0.25, 0.3) is 5.65 Å². The molecule has 1 N–H and O–H groups in total. The summed E-state index contributed by atoms with van der Waals surface area (Å²) in [7, 11) is 0. The largest absolute Gasteiger partial charge is 0.370 e. The molecular weight excluding hydrogens is 176 g/mol. The topological polar surface area (TPSA) is 42.2 Å². The minimum Gasteiger partial charge on any atom is -0.370 e. The van der Waals surface area contributed by atoms with Crippen molar-refractivity contribution in [2.24, 2.45) is 0 Å². The molecule has 2 rings (SSSR count).